The van der Waals surface area contributed by atoms with Gasteiger partial charge in [0.05, 0.1) is 4.92 Å². The Balaban J connectivity index is 1.93. The summed E-state index contributed by atoms with van der Waals surface area (Å²) in [4.78, 5) is 24.6. The van der Waals surface area contributed by atoms with E-state index >= 15 is 0 Å². The van der Waals surface area contributed by atoms with Crippen molar-refractivity contribution in [2.24, 2.45) is 0 Å². The van der Waals surface area contributed by atoms with Crippen molar-refractivity contribution in [2.45, 2.75) is 6.92 Å². The molecule has 0 bridgehead atoms. The fraction of sp³-hybridized carbons (Fsp3) is 0.235. The van der Waals surface area contributed by atoms with Crippen molar-refractivity contribution in [3.63, 3.8) is 0 Å². The zero-order valence-electron chi connectivity index (χ0n) is 13.2. The van der Waals surface area contributed by atoms with Crippen molar-refractivity contribution in [2.75, 3.05) is 25.0 Å². The van der Waals surface area contributed by atoms with Crippen LogP contribution in [0, 0.1) is 17.0 Å². The number of aryl methyl sites for hydroxylation is 1. The van der Waals surface area contributed by atoms with Crippen LogP contribution in [-0.4, -0.2) is 31.0 Å². The third-order valence-electron chi connectivity index (χ3n) is 3.60. The molecule has 120 valence electrons. The Hall–Kier alpha value is -2.89. The second kappa shape index (κ2) is 7.40. The van der Waals surface area contributed by atoms with Crippen LogP contribution in [0.25, 0.3) is 0 Å². The molecule has 0 fully saturated rings. The Kier molecular flexibility index (Phi) is 5.30. The average molecular weight is 313 g/mol. The van der Waals surface area contributed by atoms with Crippen molar-refractivity contribution in [3.8, 4) is 0 Å². The molecular weight excluding hydrogens is 294 g/mol. The molecule has 0 aliphatic rings. The molecule has 0 saturated heterocycles. The van der Waals surface area contributed by atoms with E-state index in [0.29, 0.717) is 24.2 Å². The maximum atomic E-state index is 12.1. The predicted octanol–water partition coefficient (Wildman–Crippen LogP) is 2.77. The predicted molar refractivity (Wildman–Crippen MR) is 89.9 cm³/mol. The SMILES string of the molecule is Cc1ccc(C(=O)NCCN(C)c2ccccc2)cc1[N+](=O)[O-]. The third kappa shape index (κ3) is 4.29. The highest BCUT2D eigenvalue weighted by Crippen LogP contribution is 2.19. The van der Waals surface area contributed by atoms with Crippen LogP contribution in [-0.2, 0) is 0 Å². The standard InChI is InChI=1S/C17H19N3O3/c1-13-8-9-14(12-16(13)20(22)23)17(21)18-10-11-19(2)15-6-4-3-5-7-15/h3-9,12H,10-11H2,1-2H3,(H,18,21). The molecule has 0 heterocycles. The minimum absolute atomic E-state index is 0.0425. The number of rotatable bonds is 6. The Morgan fingerprint density at radius 1 is 1.22 bits per heavy atom. The summed E-state index contributed by atoms with van der Waals surface area (Å²) >= 11 is 0. The number of nitro groups is 1. The molecule has 0 aromatic heterocycles. The number of nitro benzene ring substituents is 1. The number of carbonyl (C=O) groups is 1. The Morgan fingerprint density at radius 3 is 2.57 bits per heavy atom. The molecule has 0 aliphatic carbocycles. The van der Waals surface area contributed by atoms with E-state index in [0.717, 1.165) is 5.69 Å². The van der Waals surface area contributed by atoms with Crippen molar-refractivity contribution in [1.82, 2.24) is 5.32 Å². The van der Waals surface area contributed by atoms with Crippen LogP contribution in [0.1, 0.15) is 15.9 Å². The maximum Gasteiger partial charge on any atom is 0.273 e. The molecule has 1 amide bonds. The lowest BCUT2D eigenvalue weighted by Gasteiger charge is -2.19. The van der Waals surface area contributed by atoms with Gasteiger partial charge in [0, 0.05) is 43.0 Å². The first kappa shape index (κ1) is 16.5. The van der Waals surface area contributed by atoms with Gasteiger partial charge in [-0.1, -0.05) is 24.3 Å². The van der Waals surface area contributed by atoms with Crippen LogP contribution in [0.5, 0.6) is 0 Å². The van der Waals surface area contributed by atoms with E-state index in [1.165, 1.54) is 6.07 Å². The minimum atomic E-state index is -0.477. The van der Waals surface area contributed by atoms with Crippen LogP contribution in [0.3, 0.4) is 0 Å². The molecule has 2 rings (SSSR count). The van der Waals surface area contributed by atoms with Gasteiger partial charge in [0.2, 0.25) is 0 Å². The van der Waals surface area contributed by atoms with E-state index < -0.39 is 4.92 Å². The third-order valence-corrected chi connectivity index (χ3v) is 3.60. The highest BCUT2D eigenvalue weighted by atomic mass is 16.6. The number of hydrogen-bond donors (Lipinski definition) is 1. The molecule has 0 radical (unpaired) electrons. The number of benzene rings is 2. The Bertz CT molecular complexity index is 701. The van der Waals surface area contributed by atoms with E-state index in [-0.39, 0.29) is 11.6 Å². The van der Waals surface area contributed by atoms with E-state index in [4.69, 9.17) is 0 Å². The Morgan fingerprint density at radius 2 is 1.91 bits per heavy atom. The molecule has 6 heteroatoms. The number of carbonyl (C=O) groups excluding carboxylic acids is 1. The lowest BCUT2D eigenvalue weighted by atomic mass is 10.1. The number of hydrogen-bond acceptors (Lipinski definition) is 4. The first-order valence-corrected chi connectivity index (χ1v) is 7.28. The zero-order valence-corrected chi connectivity index (χ0v) is 13.2. The van der Waals surface area contributed by atoms with Gasteiger partial charge in [-0.3, -0.25) is 14.9 Å². The fourth-order valence-electron chi connectivity index (χ4n) is 2.20. The average Bonchev–Trinajstić information content (AvgIpc) is 2.55. The minimum Gasteiger partial charge on any atom is -0.373 e. The van der Waals surface area contributed by atoms with Gasteiger partial charge >= 0.3 is 0 Å². The molecule has 1 N–H and O–H groups in total. The van der Waals surface area contributed by atoms with Gasteiger partial charge in [0.1, 0.15) is 0 Å². The summed E-state index contributed by atoms with van der Waals surface area (Å²) in [5, 5.41) is 13.7. The van der Waals surface area contributed by atoms with Crippen LogP contribution < -0.4 is 10.2 Å². The molecule has 23 heavy (non-hydrogen) atoms. The molecule has 2 aromatic rings. The van der Waals surface area contributed by atoms with Gasteiger partial charge in [-0.2, -0.15) is 0 Å². The van der Waals surface area contributed by atoms with Gasteiger partial charge < -0.3 is 10.2 Å². The highest BCUT2D eigenvalue weighted by Gasteiger charge is 2.14. The van der Waals surface area contributed by atoms with E-state index in [1.807, 2.05) is 42.3 Å². The first-order valence-electron chi connectivity index (χ1n) is 7.28. The van der Waals surface area contributed by atoms with E-state index in [1.54, 1.807) is 19.1 Å². The molecule has 0 unspecified atom stereocenters. The van der Waals surface area contributed by atoms with Crippen LogP contribution >= 0.6 is 0 Å². The lowest BCUT2D eigenvalue weighted by Crippen LogP contribution is -2.33. The van der Waals surface area contributed by atoms with Crippen molar-refractivity contribution >= 4 is 17.3 Å². The van der Waals surface area contributed by atoms with Gasteiger partial charge in [0.25, 0.3) is 11.6 Å². The Labute approximate surface area is 134 Å². The number of nitrogens with zero attached hydrogens (tertiary/aromatic N) is 2. The summed E-state index contributed by atoms with van der Waals surface area (Å²) in [7, 11) is 1.94. The second-order valence-electron chi connectivity index (χ2n) is 5.27. The van der Waals surface area contributed by atoms with E-state index in [2.05, 4.69) is 5.32 Å². The first-order chi connectivity index (χ1) is 11.0. The monoisotopic (exact) mass is 313 g/mol. The normalized spacial score (nSPS) is 10.2. The smallest absolute Gasteiger partial charge is 0.273 e. The zero-order chi connectivity index (χ0) is 16.8. The van der Waals surface area contributed by atoms with Gasteiger partial charge in [-0.25, -0.2) is 0 Å². The summed E-state index contributed by atoms with van der Waals surface area (Å²) in [6.45, 7) is 2.74. The van der Waals surface area contributed by atoms with Crippen LogP contribution in [0.2, 0.25) is 0 Å². The molecule has 2 aromatic carbocycles. The number of nitrogens with one attached hydrogen (secondary N) is 1. The quantitative estimate of drug-likeness (QED) is 0.657. The molecule has 0 saturated carbocycles. The van der Waals surface area contributed by atoms with Gasteiger partial charge in [-0.05, 0) is 25.1 Å². The molecule has 0 aliphatic heterocycles. The highest BCUT2D eigenvalue weighted by molar-refractivity contribution is 5.95. The summed E-state index contributed by atoms with van der Waals surface area (Å²) in [5.41, 5.74) is 1.85. The fourth-order valence-corrected chi connectivity index (χ4v) is 2.20. The summed E-state index contributed by atoms with van der Waals surface area (Å²) in [6, 6.07) is 14.3. The number of anilines is 1. The van der Waals surface area contributed by atoms with Crippen molar-refractivity contribution in [1.29, 1.82) is 0 Å². The number of para-hydroxylation sites is 1. The topological polar surface area (TPSA) is 75.5 Å². The van der Waals surface area contributed by atoms with Crippen LogP contribution in [0.4, 0.5) is 11.4 Å². The maximum absolute atomic E-state index is 12.1. The second-order valence-corrected chi connectivity index (χ2v) is 5.27. The van der Waals surface area contributed by atoms with E-state index in [9.17, 15) is 14.9 Å². The lowest BCUT2D eigenvalue weighted by molar-refractivity contribution is -0.385. The van der Waals surface area contributed by atoms with Crippen LogP contribution in [0.15, 0.2) is 48.5 Å². The number of amides is 1. The number of likely N-dealkylation sites (N-methyl/N-ethyl adjacent to an activating group) is 1. The van der Waals surface area contributed by atoms with Crippen molar-refractivity contribution in [3.05, 3.63) is 69.8 Å². The molecule has 6 nitrogen and oxygen atoms in total. The van der Waals surface area contributed by atoms with Gasteiger partial charge in [-0.15, -0.1) is 0 Å². The van der Waals surface area contributed by atoms with Crippen molar-refractivity contribution < 1.29 is 9.72 Å². The molecular formula is C17H19N3O3. The summed E-state index contributed by atoms with van der Waals surface area (Å²) in [5.74, 6) is -0.311. The molecule has 0 atom stereocenters. The van der Waals surface area contributed by atoms with Gasteiger partial charge in [0.15, 0.2) is 0 Å². The summed E-state index contributed by atoms with van der Waals surface area (Å²) in [6.07, 6.45) is 0. The largest absolute Gasteiger partial charge is 0.373 e. The molecule has 0 spiro atoms. The summed E-state index contributed by atoms with van der Waals surface area (Å²) < 4.78 is 0.